The Morgan fingerprint density at radius 3 is 2.30 bits per heavy atom. The van der Waals surface area contributed by atoms with Gasteiger partial charge in [-0.1, -0.05) is 43.7 Å². The van der Waals surface area contributed by atoms with Crippen LogP contribution in [0.5, 0.6) is 5.75 Å². The van der Waals surface area contributed by atoms with Crippen LogP contribution in [-0.4, -0.2) is 19.1 Å². The molecule has 0 heterocycles. The predicted octanol–water partition coefficient (Wildman–Crippen LogP) is 4.46. The quantitative estimate of drug-likeness (QED) is 0.720. The number of carbonyl (C=O) groups excluding carboxylic acids is 1. The second kappa shape index (κ2) is 8.99. The van der Waals surface area contributed by atoms with Gasteiger partial charge in [-0.15, -0.1) is 0 Å². The van der Waals surface area contributed by atoms with Gasteiger partial charge in [0.05, 0.1) is 13.0 Å². The second-order valence-electron chi connectivity index (χ2n) is 5.49. The van der Waals surface area contributed by atoms with Crippen LogP contribution in [0.15, 0.2) is 54.6 Å². The van der Waals surface area contributed by atoms with Crippen LogP contribution >= 0.6 is 0 Å². The maximum absolute atomic E-state index is 12.7. The summed E-state index contributed by atoms with van der Waals surface area (Å²) >= 11 is 0. The van der Waals surface area contributed by atoms with Crippen molar-refractivity contribution in [3.8, 4) is 5.75 Å². The topological polar surface area (TPSA) is 29.5 Å². The molecule has 0 spiro atoms. The number of ether oxygens (including phenoxy) is 1. The highest BCUT2D eigenvalue weighted by atomic mass is 16.5. The third kappa shape index (κ3) is 5.13. The van der Waals surface area contributed by atoms with E-state index in [1.54, 1.807) is 0 Å². The van der Waals surface area contributed by atoms with E-state index < -0.39 is 0 Å². The first-order valence-electron chi connectivity index (χ1n) is 8.31. The molecule has 0 bridgehead atoms. The number of benzene rings is 2. The fourth-order valence-electron chi connectivity index (χ4n) is 2.46. The number of hydrogen-bond donors (Lipinski definition) is 0. The molecule has 23 heavy (non-hydrogen) atoms. The Morgan fingerprint density at radius 1 is 1.00 bits per heavy atom. The van der Waals surface area contributed by atoms with E-state index in [0.717, 1.165) is 36.4 Å². The highest BCUT2D eigenvalue weighted by molar-refractivity contribution is 5.94. The lowest BCUT2D eigenvalue weighted by atomic mass is 10.1. The molecule has 0 saturated carbocycles. The van der Waals surface area contributed by atoms with Crippen LogP contribution in [-0.2, 0) is 11.2 Å². The number of hydrogen-bond acceptors (Lipinski definition) is 2. The van der Waals surface area contributed by atoms with Crippen molar-refractivity contribution < 1.29 is 9.53 Å². The number of carbonyl (C=O) groups is 1. The summed E-state index contributed by atoms with van der Waals surface area (Å²) in [6, 6.07) is 17.7. The molecule has 0 unspecified atom stereocenters. The smallest absolute Gasteiger partial charge is 0.231 e. The molecule has 2 aromatic carbocycles. The van der Waals surface area contributed by atoms with Crippen LogP contribution < -0.4 is 9.64 Å². The van der Waals surface area contributed by atoms with Gasteiger partial charge in [-0.3, -0.25) is 4.79 Å². The molecule has 0 aliphatic carbocycles. The summed E-state index contributed by atoms with van der Waals surface area (Å²) in [5.41, 5.74) is 1.98. The first kappa shape index (κ1) is 17.1. The van der Waals surface area contributed by atoms with Gasteiger partial charge in [0.25, 0.3) is 0 Å². The molecule has 0 saturated heterocycles. The Balaban J connectivity index is 2.07. The minimum atomic E-state index is 0.133. The van der Waals surface area contributed by atoms with Crippen LogP contribution in [0, 0.1) is 0 Å². The van der Waals surface area contributed by atoms with Crippen molar-refractivity contribution in [3.63, 3.8) is 0 Å². The maximum atomic E-state index is 12.7. The molecule has 0 aromatic heterocycles. The molecule has 3 heteroatoms. The van der Waals surface area contributed by atoms with Gasteiger partial charge < -0.3 is 9.64 Å². The van der Waals surface area contributed by atoms with E-state index in [0.29, 0.717) is 13.0 Å². The van der Waals surface area contributed by atoms with E-state index in [-0.39, 0.29) is 5.91 Å². The van der Waals surface area contributed by atoms with Crippen LogP contribution in [0.1, 0.15) is 32.3 Å². The Bertz CT molecular complexity index is 593. The zero-order chi connectivity index (χ0) is 16.5. The van der Waals surface area contributed by atoms with E-state index in [1.165, 1.54) is 0 Å². The zero-order valence-corrected chi connectivity index (χ0v) is 14.0. The maximum Gasteiger partial charge on any atom is 0.231 e. The number of unbranched alkanes of at least 4 members (excludes halogenated alkanes) is 1. The van der Waals surface area contributed by atoms with Gasteiger partial charge in [0.1, 0.15) is 5.75 Å². The lowest BCUT2D eigenvalue weighted by Gasteiger charge is -2.23. The van der Waals surface area contributed by atoms with Gasteiger partial charge in [0.15, 0.2) is 0 Å². The normalized spacial score (nSPS) is 10.3. The summed E-state index contributed by atoms with van der Waals surface area (Å²) in [7, 11) is 0. The van der Waals surface area contributed by atoms with Crippen molar-refractivity contribution in [2.75, 3.05) is 18.1 Å². The molecule has 0 fully saturated rings. The summed E-state index contributed by atoms with van der Waals surface area (Å²) in [5, 5.41) is 0. The van der Waals surface area contributed by atoms with Gasteiger partial charge in [0, 0.05) is 12.2 Å². The molecule has 3 nitrogen and oxygen atoms in total. The third-order valence-corrected chi connectivity index (χ3v) is 3.69. The van der Waals surface area contributed by atoms with Gasteiger partial charge in [-0.05, 0) is 43.2 Å². The first-order valence-corrected chi connectivity index (χ1v) is 8.31. The van der Waals surface area contributed by atoms with Gasteiger partial charge >= 0.3 is 0 Å². The molecule has 0 aliphatic heterocycles. The standard InChI is InChI=1S/C20H25NO2/c1-3-5-15-21(18-9-7-6-8-10-18)20(22)16-17-11-13-19(14-12-17)23-4-2/h6-14H,3-5,15-16H2,1-2H3. The van der Waals surface area contributed by atoms with E-state index in [1.807, 2.05) is 66.4 Å². The van der Waals surface area contributed by atoms with Crippen molar-refractivity contribution in [1.29, 1.82) is 0 Å². The molecule has 0 N–H and O–H groups in total. The monoisotopic (exact) mass is 311 g/mol. The van der Waals surface area contributed by atoms with Crippen LogP contribution in [0.3, 0.4) is 0 Å². The average Bonchev–Trinajstić information content (AvgIpc) is 2.58. The summed E-state index contributed by atoms with van der Waals surface area (Å²) in [4.78, 5) is 14.6. The van der Waals surface area contributed by atoms with Gasteiger partial charge in [-0.2, -0.15) is 0 Å². The molecule has 122 valence electrons. The van der Waals surface area contributed by atoms with E-state index in [2.05, 4.69) is 6.92 Å². The Morgan fingerprint density at radius 2 is 1.70 bits per heavy atom. The summed E-state index contributed by atoms with van der Waals surface area (Å²) in [6.45, 7) is 5.51. The van der Waals surface area contributed by atoms with Crippen LogP contribution in [0.25, 0.3) is 0 Å². The highest BCUT2D eigenvalue weighted by Gasteiger charge is 2.15. The summed E-state index contributed by atoms with van der Waals surface area (Å²) < 4.78 is 5.44. The number of rotatable bonds is 8. The lowest BCUT2D eigenvalue weighted by Crippen LogP contribution is -2.33. The Kier molecular flexibility index (Phi) is 6.67. The van der Waals surface area contributed by atoms with E-state index >= 15 is 0 Å². The minimum Gasteiger partial charge on any atom is -0.494 e. The largest absolute Gasteiger partial charge is 0.494 e. The molecule has 0 aliphatic rings. The fourth-order valence-corrected chi connectivity index (χ4v) is 2.46. The predicted molar refractivity (Wildman–Crippen MR) is 95.0 cm³/mol. The number of para-hydroxylation sites is 1. The highest BCUT2D eigenvalue weighted by Crippen LogP contribution is 2.18. The van der Waals surface area contributed by atoms with E-state index in [9.17, 15) is 4.79 Å². The van der Waals surface area contributed by atoms with Crippen molar-refractivity contribution in [2.45, 2.75) is 33.1 Å². The molecular weight excluding hydrogens is 286 g/mol. The van der Waals surface area contributed by atoms with Gasteiger partial charge in [-0.25, -0.2) is 0 Å². The molecule has 0 radical (unpaired) electrons. The fraction of sp³-hybridized carbons (Fsp3) is 0.350. The van der Waals surface area contributed by atoms with Gasteiger partial charge in [0.2, 0.25) is 5.91 Å². The molecule has 2 rings (SSSR count). The number of nitrogens with zero attached hydrogens (tertiary/aromatic N) is 1. The van der Waals surface area contributed by atoms with Crippen molar-refractivity contribution in [1.82, 2.24) is 0 Å². The van der Waals surface area contributed by atoms with E-state index in [4.69, 9.17) is 4.74 Å². The van der Waals surface area contributed by atoms with Crippen molar-refractivity contribution in [2.24, 2.45) is 0 Å². The first-order chi connectivity index (χ1) is 11.2. The molecule has 2 aromatic rings. The molecule has 1 amide bonds. The Labute approximate surface area is 138 Å². The molecule has 0 atom stereocenters. The average molecular weight is 311 g/mol. The third-order valence-electron chi connectivity index (χ3n) is 3.69. The minimum absolute atomic E-state index is 0.133. The van der Waals surface area contributed by atoms with Crippen LogP contribution in [0.4, 0.5) is 5.69 Å². The summed E-state index contributed by atoms with van der Waals surface area (Å²) in [5.74, 6) is 0.975. The summed E-state index contributed by atoms with van der Waals surface area (Å²) in [6.07, 6.45) is 2.48. The van der Waals surface area contributed by atoms with Crippen LogP contribution in [0.2, 0.25) is 0 Å². The van der Waals surface area contributed by atoms with Crippen molar-refractivity contribution >= 4 is 11.6 Å². The number of anilines is 1. The SMILES string of the molecule is CCCCN(C(=O)Cc1ccc(OCC)cc1)c1ccccc1. The van der Waals surface area contributed by atoms with Crippen molar-refractivity contribution in [3.05, 3.63) is 60.2 Å². The lowest BCUT2D eigenvalue weighted by molar-refractivity contribution is -0.118. The number of amides is 1. The zero-order valence-electron chi connectivity index (χ0n) is 14.0. The Hall–Kier alpha value is -2.29. The second-order valence-corrected chi connectivity index (χ2v) is 5.49. The molecular formula is C20H25NO2.